The fourth-order valence-corrected chi connectivity index (χ4v) is 3.59. The normalized spacial score (nSPS) is 10.9. The number of fused-ring (bicyclic) bond motifs is 1. The van der Waals surface area contributed by atoms with Gasteiger partial charge in [-0.2, -0.15) is 5.10 Å². The first-order valence-electron chi connectivity index (χ1n) is 10.2. The molecule has 1 amide bonds. The number of ether oxygens (including phenoxy) is 1. The number of nitrogens with one attached hydrogen (secondary N) is 1. The Morgan fingerprint density at radius 3 is 2.69 bits per heavy atom. The maximum absolute atomic E-state index is 12.5. The van der Waals surface area contributed by atoms with E-state index in [1.807, 2.05) is 48.5 Å². The largest absolute Gasteiger partial charge is 0.497 e. The van der Waals surface area contributed by atoms with Crippen LogP contribution in [0.1, 0.15) is 16.1 Å². The zero-order chi connectivity index (χ0) is 21.9. The van der Waals surface area contributed by atoms with Crippen molar-refractivity contribution in [1.82, 2.24) is 24.5 Å². The van der Waals surface area contributed by atoms with Crippen molar-refractivity contribution in [1.29, 1.82) is 0 Å². The number of hydrogen-bond acceptors (Lipinski definition) is 4. The third-order valence-electron chi connectivity index (χ3n) is 5.29. The van der Waals surface area contributed by atoms with E-state index in [0.717, 1.165) is 33.8 Å². The lowest BCUT2D eigenvalue weighted by atomic mass is 10.1. The van der Waals surface area contributed by atoms with Gasteiger partial charge < -0.3 is 14.5 Å². The second-order valence-electron chi connectivity index (χ2n) is 7.32. The van der Waals surface area contributed by atoms with Crippen molar-refractivity contribution in [2.75, 3.05) is 7.11 Å². The van der Waals surface area contributed by atoms with Crippen molar-refractivity contribution >= 4 is 11.4 Å². The number of rotatable bonds is 6. The quantitative estimate of drug-likeness (QED) is 0.446. The summed E-state index contributed by atoms with van der Waals surface area (Å²) in [5.41, 5.74) is 4.48. The van der Waals surface area contributed by atoms with Gasteiger partial charge in [0.1, 0.15) is 11.6 Å². The summed E-state index contributed by atoms with van der Waals surface area (Å²) in [6.45, 7) is 0.423. The number of methoxy groups -OCH3 is 1. The van der Waals surface area contributed by atoms with Crippen molar-refractivity contribution < 1.29 is 9.53 Å². The Morgan fingerprint density at radius 1 is 1.00 bits per heavy atom. The van der Waals surface area contributed by atoms with E-state index in [-0.39, 0.29) is 5.91 Å². The van der Waals surface area contributed by atoms with Crippen LogP contribution >= 0.6 is 0 Å². The Labute approximate surface area is 184 Å². The summed E-state index contributed by atoms with van der Waals surface area (Å²) in [5, 5.41) is 7.39. The summed E-state index contributed by atoms with van der Waals surface area (Å²) in [4.78, 5) is 16.5. The van der Waals surface area contributed by atoms with Crippen molar-refractivity contribution in [2.45, 2.75) is 6.54 Å². The average Bonchev–Trinajstić information content (AvgIpc) is 3.50. The third kappa shape index (κ3) is 3.83. The minimum Gasteiger partial charge on any atom is -0.497 e. The number of carbonyl (C=O) groups is 1. The number of amides is 1. The lowest BCUT2D eigenvalue weighted by Crippen LogP contribution is -2.23. The maximum Gasteiger partial charge on any atom is 0.272 e. The van der Waals surface area contributed by atoms with Gasteiger partial charge in [0, 0.05) is 36.8 Å². The van der Waals surface area contributed by atoms with Gasteiger partial charge in [0.2, 0.25) is 0 Å². The molecule has 0 aliphatic carbocycles. The highest BCUT2D eigenvalue weighted by Gasteiger charge is 2.12. The second kappa shape index (κ2) is 8.39. The molecule has 0 fully saturated rings. The summed E-state index contributed by atoms with van der Waals surface area (Å²) < 4.78 is 9.12. The molecule has 1 N–H and O–H groups in total. The number of hydrogen-bond donors (Lipinski definition) is 1. The van der Waals surface area contributed by atoms with Crippen LogP contribution in [0.3, 0.4) is 0 Å². The minimum absolute atomic E-state index is 0.224. The highest BCUT2D eigenvalue weighted by atomic mass is 16.5. The molecule has 0 atom stereocenters. The molecular formula is C25H21N5O2. The number of nitrogens with zero attached hydrogens (tertiary/aromatic N) is 4. The molecule has 0 saturated carbocycles. The first-order valence-corrected chi connectivity index (χ1v) is 10.2. The van der Waals surface area contributed by atoms with E-state index in [1.54, 1.807) is 36.4 Å². The van der Waals surface area contributed by atoms with Gasteiger partial charge in [0.25, 0.3) is 5.91 Å². The summed E-state index contributed by atoms with van der Waals surface area (Å²) in [6, 6.07) is 21.5. The van der Waals surface area contributed by atoms with Gasteiger partial charge in [0.05, 0.1) is 7.11 Å². The van der Waals surface area contributed by atoms with Crippen LogP contribution in [-0.4, -0.2) is 32.2 Å². The zero-order valence-electron chi connectivity index (χ0n) is 17.5. The van der Waals surface area contributed by atoms with E-state index in [0.29, 0.717) is 12.2 Å². The molecule has 4 heterocycles. The minimum atomic E-state index is -0.224. The number of carbonyl (C=O) groups excluding carboxylic acids is 1. The van der Waals surface area contributed by atoms with Crippen molar-refractivity contribution in [3.05, 3.63) is 103 Å². The van der Waals surface area contributed by atoms with Crippen molar-refractivity contribution in [3.8, 4) is 22.7 Å². The maximum atomic E-state index is 12.5. The van der Waals surface area contributed by atoms with Gasteiger partial charge >= 0.3 is 0 Å². The van der Waals surface area contributed by atoms with E-state index < -0.39 is 0 Å². The molecule has 0 spiro atoms. The Kier molecular flexibility index (Phi) is 5.13. The molecule has 0 bridgehead atoms. The summed E-state index contributed by atoms with van der Waals surface area (Å²) in [6.07, 6.45) is 7.26. The predicted molar refractivity (Wildman–Crippen MR) is 122 cm³/mol. The van der Waals surface area contributed by atoms with E-state index in [2.05, 4.69) is 38.1 Å². The SMILES string of the molecule is COc1cccc(-c2ccc3ccc(-n4ccc(C(=O)NCc5ccncc5)n4)n3c2)c1. The van der Waals surface area contributed by atoms with Crippen molar-refractivity contribution in [2.24, 2.45) is 0 Å². The Bertz CT molecular complexity index is 1390. The van der Waals surface area contributed by atoms with Crippen LogP contribution in [0.4, 0.5) is 0 Å². The highest BCUT2D eigenvalue weighted by molar-refractivity contribution is 5.92. The summed E-state index contributed by atoms with van der Waals surface area (Å²) in [7, 11) is 1.66. The fraction of sp³-hybridized carbons (Fsp3) is 0.0800. The molecule has 4 aromatic heterocycles. The summed E-state index contributed by atoms with van der Waals surface area (Å²) >= 11 is 0. The summed E-state index contributed by atoms with van der Waals surface area (Å²) in [5.74, 6) is 1.43. The second-order valence-corrected chi connectivity index (χ2v) is 7.32. The highest BCUT2D eigenvalue weighted by Crippen LogP contribution is 2.26. The van der Waals surface area contributed by atoms with Gasteiger partial charge in [-0.25, -0.2) is 4.68 Å². The monoisotopic (exact) mass is 423 g/mol. The van der Waals surface area contributed by atoms with Crippen LogP contribution in [-0.2, 0) is 6.54 Å². The van der Waals surface area contributed by atoms with Gasteiger partial charge in [0.15, 0.2) is 5.69 Å². The number of benzene rings is 1. The smallest absolute Gasteiger partial charge is 0.272 e. The number of pyridine rings is 2. The molecule has 0 saturated heterocycles. The van der Waals surface area contributed by atoms with Crippen LogP contribution in [0.15, 0.2) is 91.5 Å². The van der Waals surface area contributed by atoms with Crippen LogP contribution in [0, 0.1) is 0 Å². The first-order chi connectivity index (χ1) is 15.7. The molecule has 158 valence electrons. The Balaban J connectivity index is 1.41. The standard InChI is InChI=1S/C25H21N5O2/c1-32-22-4-2-3-19(15-22)20-5-6-21-7-8-24(29(21)17-20)30-14-11-23(28-30)25(31)27-16-18-9-12-26-13-10-18/h2-15,17H,16H2,1H3,(H,27,31). The molecule has 32 heavy (non-hydrogen) atoms. The van der Waals surface area contributed by atoms with E-state index in [4.69, 9.17) is 4.74 Å². The van der Waals surface area contributed by atoms with Crippen LogP contribution in [0.5, 0.6) is 5.75 Å². The van der Waals surface area contributed by atoms with Crippen LogP contribution in [0.2, 0.25) is 0 Å². The van der Waals surface area contributed by atoms with Gasteiger partial charge in [-0.1, -0.05) is 18.2 Å². The van der Waals surface area contributed by atoms with E-state index >= 15 is 0 Å². The van der Waals surface area contributed by atoms with Crippen LogP contribution in [0.25, 0.3) is 22.5 Å². The average molecular weight is 423 g/mol. The van der Waals surface area contributed by atoms with Gasteiger partial charge in [-0.05, 0) is 65.2 Å². The fourth-order valence-electron chi connectivity index (χ4n) is 3.59. The Morgan fingerprint density at radius 2 is 1.84 bits per heavy atom. The Hall–Kier alpha value is -4.39. The zero-order valence-corrected chi connectivity index (χ0v) is 17.5. The van der Waals surface area contributed by atoms with E-state index in [9.17, 15) is 4.79 Å². The van der Waals surface area contributed by atoms with Gasteiger partial charge in [-0.15, -0.1) is 0 Å². The van der Waals surface area contributed by atoms with Crippen molar-refractivity contribution in [3.63, 3.8) is 0 Å². The molecule has 0 unspecified atom stereocenters. The lowest BCUT2D eigenvalue weighted by molar-refractivity contribution is 0.0945. The molecular weight excluding hydrogens is 402 g/mol. The first kappa shape index (κ1) is 19.6. The molecule has 1 aromatic carbocycles. The van der Waals surface area contributed by atoms with Gasteiger partial charge in [-0.3, -0.25) is 9.78 Å². The van der Waals surface area contributed by atoms with Crippen LogP contribution < -0.4 is 10.1 Å². The molecule has 0 aliphatic heterocycles. The molecule has 5 rings (SSSR count). The predicted octanol–water partition coefficient (Wildman–Crippen LogP) is 4.13. The van der Waals surface area contributed by atoms with E-state index in [1.165, 1.54) is 0 Å². The lowest BCUT2D eigenvalue weighted by Gasteiger charge is -2.08. The third-order valence-corrected chi connectivity index (χ3v) is 5.29. The molecule has 0 radical (unpaired) electrons. The molecule has 0 aliphatic rings. The number of aromatic nitrogens is 4. The molecule has 5 aromatic rings. The molecule has 7 nitrogen and oxygen atoms in total. The molecule has 7 heteroatoms. The topological polar surface area (TPSA) is 73.4 Å².